The maximum absolute atomic E-state index is 13.3. The highest BCUT2D eigenvalue weighted by atomic mass is 16.5. The molecule has 1 aromatic carbocycles. The number of phenolic OH excluding ortho intramolecular Hbond substituents is 1. The molecule has 42 heavy (non-hydrogen) atoms. The Morgan fingerprint density at radius 2 is 1.48 bits per heavy atom. The minimum absolute atomic E-state index is 0.0952. The van der Waals surface area contributed by atoms with Gasteiger partial charge in [0.15, 0.2) is 0 Å². The van der Waals surface area contributed by atoms with E-state index in [4.69, 9.17) is 4.74 Å². The summed E-state index contributed by atoms with van der Waals surface area (Å²) in [5, 5.41) is 19.5. The molecule has 0 aromatic heterocycles. The van der Waals surface area contributed by atoms with Gasteiger partial charge in [-0.15, -0.1) is 0 Å². The van der Waals surface area contributed by atoms with Gasteiger partial charge in [0.25, 0.3) is 0 Å². The summed E-state index contributed by atoms with van der Waals surface area (Å²) in [5.74, 6) is 0.932. The highest BCUT2D eigenvalue weighted by Gasteiger charge is 2.21. The summed E-state index contributed by atoms with van der Waals surface area (Å²) >= 11 is 0. The first-order chi connectivity index (χ1) is 20.4. The Morgan fingerprint density at radius 1 is 0.905 bits per heavy atom. The summed E-state index contributed by atoms with van der Waals surface area (Å²) < 4.78 is 5.45. The summed E-state index contributed by atoms with van der Waals surface area (Å²) in [7, 11) is 3.66. The molecule has 2 fully saturated rings. The maximum atomic E-state index is 13.3. The first-order valence-corrected chi connectivity index (χ1v) is 15.9. The number of phenols is 1. The first-order valence-electron chi connectivity index (χ1n) is 15.9. The maximum Gasteiger partial charge on any atom is 0.237 e. The topological polar surface area (TPSA) is 113 Å². The van der Waals surface area contributed by atoms with Crippen molar-refractivity contribution in [3.05, 3.63) is 23.8 Å². The van der Waals surface area contributed by atoms with Crippen molar-refractivity contribution in [1.29, 1.82) is 0 Å². The van der Waals surface area contributed by atoms with Gasteiger partial charge in [-0.05, 0) is 45.1 Å². The molecule has 0 saturated carbocycles. The van der Waals surface area contributed by atoms with Gasteiger partial charge in [-0.25, -0.2) is 0 Å². The molecular formula is C31H59N7O4. The number of ether oxygens (including phenoxy) is 1. The highest BCUT2D eigenvalue weighted by Crippen LogP contribution is 2.25. The van der Waals surface area contributed by atoms with Crippen molar-refractivity contribution in [2.45, 2.75) is 47.1 Å². The van der Waals surface area contributed by atoms with Crippen LogP contribution in [0.4, 0.5) is 0 Å². The molecule has 242 valence electrons. The van der Waals surface area contributed by atoms with Crippen molar-refractivity contribution in [3.63, 3.8) is 0 Å². The van der Waals surface area contributed by atoms with Crippen LogP contribution in [-0.2, 0) is 16.1 Å². The van der Waals surface area contributed by atoms with Crippen molar-refractivity contribution in [1.82, 2.24) is 35.6 Å². The molecule has 4 N–H and O–H groups in total. The van der Waals surface area contributed by atoms with Gasteiger partial charge in [0.05, 0.1) is 20.2 Å². The molecule has 2 heterocycles. The third kappa shape index (κ3) is 15.2. The zero-order chi connectivity index (χ0) is 31.2. The van der Waals surface area contributed by atoms with E-state index in [1.165, 1.54) is 0 Å². The summed E-state index contributed by atoms with van der Waals surface area (Å²) in [5.41, 5.74) is 0.879. The normalized spacial score (nSPS) is 15.6. The van der Waals surface area contributed by atoms with Gasteiger partial charge >= 0.3 is 0 Å². The lowest BCUT2D eigenvalue weighted by Crippen LogP contribution is -2.48. The number of piperazine rings is 2. The molecule has 0 atom stereocenters. The standard InChI is InChI=1S/C27H47N7O4.2C2H6/c1-31(12-3-7-30-26(36)21-32-15-8-28-9-16-32)13-4-14-34(27(37)22-33-17-10-29-11-18-33)20-23-5-6-24(35)19-25(23)38-2;2*1-2/h5-6,19,28-29,35H,3-4,7-18,20-22H2,1-2H3,(H,30,36);2*1-2H3. The summed E-state index contributed by atoms with van der Waals surface area (Å²) in [6, 6.07) is 5.04. The van der Waals surface area contributed by atoms with E-state index in [-0.39, 0.29) is 17.6 Å². The molecule has 11 heteroatoms. The Labute approximate surface area is 254 Å². The summed E-state index contributed by atoms with van der Waals surface area (Å²) in [6.07, 6.45) is 1.74. The number of carbonyl (C=O) groups is 2. The smallest absolute Gasteiger partial charge is 0.237 e. The quantitative estimate of drug-likeness (QED) is 0.224. The second-order valence-corrected chi connectivity index (χ2v) is 10.2. The van der Waals surface area contributed by atoms with Crippen LogP contribution in [0.2, 0.25) is 0 Å². The van der Waals surface area contributed by atoms with E-state index in [0.717, 1.165) is 83.9 Å². The molecule has 3 rings (SSSR count). The van der Waals surface area contributed by atoms with E-state index in [2.05, 4.69) is 37.7 Å². The number of benzene rings is 1. The van der Waals surface area contributed by atoms with Crippen LogP contribution in [0, 0.1) is 0 Å². The van der Waals surface area contributed by atoms with Gasteiger partial charge in [0.2, 0.25) is 11.8 Å². The molecule has 2 aliphatic rings. The molecule has 11 nitrogen and oxygen atoms in total. The van der Waals surface area contributed by atoms with Crippen LogP contribution in [-0.4, -0.2) is 142 Å². The Morgan fingerprint density at radius 3 is 2.07 bits per heavy atom. The summed E-state index contributed by atoms with van der Waals surface area (Å²) in [4.78, 5) is 34.0. The van der Waals surface area contributed by atoms with Gasteiger partial charge in [0.1, 0.15) is 11.5 Å². The minimum atomic E-state index is 0.0952. The Balaban J connectivity index is 0.00000211. The molecule has 0 spiro atoms. The zero-order valence-electron chi connectivity index (χ0n) is 27.2. The molecule has 0 aliphatic carbocycles. The lowest BCUT2D eigenvalue weighted by molar-refractivity contribution is -0.133. The lowest BCUT2D eigenvalue weighted by atomic mass is 10.1. The number of hydrogen-bond acceptors (Lipinski definition) is 9. The monoisotopic (exact) mass is 593 g/mol. The number of amides is 2. The van der Waals surface area contributed by atoms with Crippen molar-refractivity contribution in [2.24, 2.45) is 0 Å². The molecule has 2 amide bonds. The Hall–Kier alpha value is -2.44. The number of rotatable bonds is 15. The van der Waals surface area contributed by atoms with Crippen molar-refractivity contribution in [2.75, 3.05) is 106 Å². The van der Waals surface area contributed by atoms with Gasteiger partial charge < -0.3 is 35.6 Å². The molecular weight excluding hydrogens is 534 g/mol. The Bertz CT molecular complexity index is 862. The number of carbonyl (C=O) groups excluding carboxylic acids is 2. The van der Waals surface area contributed by atoms with Crippen LogP contribution in [0.5, 0.6) is 11.5 Å². The van der Waals surface area contributed by atoms with E-state index in [0.29, 0.717) is 38.5 Å². The highest BCUT2D eigenvalue weighted by molar-refractivity contribution is 5.78. The van der Waals surface area contributed by atoms with Crippen molar-refractivity contribution >= 4 is 11.8 Å². The van der Waals surface area contributed by atoms with Crippen molar-refractivity contribution in [3.8, 4) is 11.5 Å². The first kappa shape index (κ1) is 37.6. The minimum Gasteiger partial charge on any atom is -0.508 e. The van der Waals surface area contributed by atoms with Crippen LogP contribution in [0.1, 0.15) is 46.1 Å². The lowest BCUT2D eigenvalue weighted by Gasteiger charge is -2.30. The number of hydrogen-bond donors (Lipinski definition) is 4. The van der Waals surface area contributed by atoms with Crippen molar-refractivity contribution < 1.29 is 19.4 Å². The van der Waals surface area contributed by atoms with Gasteiger partial charge in [-0.3, -0.25) is 19.4 Å². The van der Waals surface area contributed by atoms with Crippen LogP contribution in [0.15, 0.2) is 18.2 Å². The second kappa shape index (κ2) is 23.1. The van der Waals surface area contributed by atoms with E-state index in [9.17, 15) is 14.7 Å². The third-order valence-corrected chi connectivity index (χ3v) is 7.14. The molecule has 0 bridgehead atoms. The molecule has 0 radical (unpaired) electrons. The number of aromatic hydroxyl groups is 1. The Kier molecular flexibility index (Phi) is 20.6. The molecule has 2 aliphatic heterocycles. The zero-order valence-corrected chi connectivity index (χ0v) is 27.2. The SMILES string of the molecule is CC.CC.COc1cc(O)ccc1CN(CCCN(C)CCCNC(=O)CN1CCNCC1)C(=O)CN1CCNCC1. The predicted molar refractivity (Wildman–Crippen MR) is 171 cm³/mol. The predicted octanol–water partition coefficient (Wildman–Crippen LogP) is 1.42. The van der Waals surface area contributed by atoms with E-state index in [1.807, 2.05) is 38.7 Å². The molecule has 1 aromatic rings. The average Bonchev–Trinajstić information content (AvgIpc) is 3.02. The number of nitrogens with one attached hydrogen (secondary N) is 3. The fourth-order valence-corrected chi connectivity index (χ4v) is 4.87. The van der Waals surface area contributed by atoms with E-state index < -0.39 is 0 Å². The second-order valence-electron chi connectivity index (χ2n) is 10.2. The van der Waals surface area contributed by atoms with Crippen LogP contribution in [0.25, 0.3) is 0 Å². The van der Waals surface area contributed by atoms with Crippen LogP contribution >= 0.6 is 0 Å². The van der Waals surface area contributed by atoms with E-state index in [1.54, 1.807) is 19.2 Å². The van der Waals surface area contributed by atoms with Gasteiger partial charge in [-0.2, -0.15) is 0 Å². The number of nitrogens with zero attached hydrogens (tertiary/aromatic N) is 4. The third-order valence-electron chi connectivity index (χ3n) is 7.14. The fourth-order valence-electron chi connectivity index (χ4n) is 4.87. The van der Waals surface area contributed by atoms with Crippen LogP contribution < -0.4 is 20.7 Å². The summed E-state index contributed by atoms with van der Waals surface area (Å²) in [6.45, 7) is 19.7. The largest absolute Gasteiger partial charge is 0.508 e. The van der Waals surface area contributed by atoms with E-state index >= 15 is 0 Å². The van der Waals surface area contributed by atoms with Gasteiger partial charge in [0, 0.05) is 83.6 Å². The number of methoxy groups -OCH3 is 1. The van der Waals surface area contributed by atoms with Crippen LogP contribution in [0.3, 0.4) is 0 Å². The molecule has 2 saturated heterocycles. The fraction of sp³-hybridized carbons (Fsp3) is 0.742. The molecule has 0 unspecified atom stereocenters. The van der Waals surface area contributed by atoms with Gasteiger partial charge in [-0.1, -0.05) is 27.7 Å². The average molecular weight is 594 g/mol.